The summed E-state index contributed by atoms with van der Waals surface area (Å²) in [6.45, 7) is 5.21. The van der Waals surface area contributed by atoms with Crippen molar-refractivity contribution in [3.63, 3.8) is 0 Å². The third-order valence-electron chi connectivity index (χ3n) is 6.42. The molecule has 0 saturated carbocycles. The molecule has 1 saturated heterocycles. The second-order valence-corrected chi connectivity index (χ2v) is 8.65. The molecule has 3 aromatic rings. The van der Waals surface area contributed by atoms with E-state index in [1.54, 1.807) is 30.6 Å². The fraction of sp³-hybridized carbons (Fsp3) is 0.280. The van der Waals surface area contributed by atoms with Gasteiger partial charge in [0.05, 0.1) is 11.1 Å². The van der Waals surface area contributed by atoms with E-state index >= 15 is 0 Å². The molecule has 8 nitrogen and oxygen atoms in total. The number of anilines is 2. The van der Waals surface area contributed by atoms with Gasteiger partial charge in [0.1, 0.15) is 5.82 Å². The van der Waals surface area contributed by atoms with Gasteiger partial charge in [-0.1, -0.05) is 0 Å². The number of amides is 2. The van der Waals surface area contributed by atoms with Gasteiger partial charge in [0, 0.05) is 54.2 Å². The van der Waals surface area contributed by atoms with Crippen LogP contribution in [0.25, 0.3) is 11.6 Å². The Balaban J connectivity index is 1.31. The number of H-pyrrole nitrogens is 1. The lowest BCUT2D eigenvalue weighted by Crippen LogP contribution is -2.45. The van der Waals surface area contributed by atoms with Crippen molar-refractivity contribution in [2.75, 3.05) is 23.3 Å². The van der Waals surface area contributed by atoms with Gasteiger partial charge in [0.2, 0.25) is 5.95 Å². The van der Waals surface area contributed by atoms with Crippen molar-refractivity contribution in [3.05, 3.63) is 70.6 Å². The maximum atomic E-state index is 13.8. The van der Waals surface area contributed by atoms with Gasteiger partial charge < -0.3 is 20.5 Å². The summed E-state index contributed by atoms with van der Waals surface area (Å²) < 4.78 is 13.8. The number of rotatable bonds is 4. The van der Waals surface area contributed by atoms with Gasteiger partial charge in [-0.3, -0.25) is 9.59 Å². The first-order chi connectivity index (χ1) is 16.4. The highest BCUT2D eigenvalue weighted by atomic mass is 19.1. The fourth-order valence-electron chi connectivity index (χ4n) is 4.64. The third kappa shape index (κ3) is 4.05. The van der Waals surface area contributed by atoms with Gasteiger partial charge in [-0.15, -0.1) is 0 Å². The number of carbonyl (C=O) groups excluding carboxylic acids is 2. The molecule has 0 radical (unpaired) electrons. The predicted octanol–water partition coefficient (Wildman–Crippen LogP) is 3.45. The summed E-state index contributed by atoms with van der Waals surface area (Å²) in [5.74, 6) is -0.148. The van der Waals surface area contributed by atoms with Crippen LogP contribution in [-0.2, 0) is 4.79 Å². The highest BCUT2D eigenvalue weighted by Gasteiger charge is 2.27. The summed E-state index contributed by atoms with van der Waals surface area (Å²) in [6.07, 6.45) is 6.73. The largest absolute Gasteiger partial charge is 0.358 e. The van der Waals surface area contributed by atoms with Gasteiger partial charge >= 0.3 is 0 Å². The second-order valence-electron chi connectivity index (χ2n) is 8.65. The number of carbonyl (C=O) groups is 2. The molecule has 1 aromatic carbocycles. The summed E-state index contributed by atoms with van der Waals surface area (Å²) in [6, 6.07) is 6.04. The van der Waals surface area contributed by atoms with Gasteiger partial charge in [0.25, 0.3) is 11.8 Å². The van der Waals surface area contributed by atoms with Crippen LogP contribution in [0.4, 0.5) is 16.0 Å². The Morgan fingerprint density at radius 2 is 1.94 bits per heavy atom. The van der Waals surface area contributed by atoms with Crippen LogP contribution in [0.2, 0.25) is 0 Å². The maximum absolute atomic E-state index is 13.8. The molecule has 2 aliphatic rings. The first kappa shape index (κ1) is 21.8. The molecule has 0 unspecified atom stereocenters. The molecule has 0 spiro atoms. The Hall–Kier alpha value is -4.01. The normalized spacial score (nSPS) is 17.1. The zero-order chi connectivity index (χ0) is 23.8. The molecule has 1 fully saturated rings. The number of aryl methyl sites for hydroxylation is 1. The van der Waals surface area contributed by atoms with Gasteiger partial charge in [0.15, 0.2) is 0 Å². The fourth-order valence-corrected chi connectivity index (χ4v) is 4.64. The number of aromatic amines is 1. The zero-order valence-electron chi connectivity index (χ0n) is 19.0. The van der Waals surface area contributed by atoms with Crippen molar-refractivity contribution < 1.29 is 14.0 Å². The van der Waals surface area contributed by atoms with Crippen LogP contribution in [-0.4, -0.2) is 45.9 Å². The van der Waals surface area contributed by atoms with Crippen LogP contribution < -0.4 is 15.5 Å². The molecule has 174 valence electrons. The minimum Gasteiger partial charge on any atom is -0.358 e. The number of fused-ring (bicyclic) bond motifs is 1. The topological polar surface area (TPSA) is 103 Å². The van der Waals surface area contributed by atoms with E-state index in [1.165, 1.54) is 12.1 Å². The van der Waals surface area contributed by atoms with Crippen LogP contribution >= 0.6 is 0 Å². The van der Waals surface area contributed by atoms with Crippen LogP contribution in [0, 0.1) is 19.7 Å². The van der Waals surface area contributed by atoms with Crippen molar-refractivity contribution in [2.45, 2.75) is 32.7 Å². The number of piperidine rings is 1. The summed E-state index contributed by atoms with van der Waals surface area (Å²) in [5, 5.41) is 5.90. The summed E-state index contributed by atoms with van der Waals surface area (Å²) in [4.78, 5) is 39.5. The monoisotopic (exact) mass is 460 g/mol. The lowest BCUT2D eigenvalue weighted by molar-refractivity contribution is -0.110. The van der Waals surface area contributed by atoms with E-state index < -0.39 is 5.82 Å². The lowest BCUT2D eigenvalue weighted by atomic mass is 10.0. The van der Waals surface area contributed by atoms with E-state index in [9.17, 15) is 14.0 Å². The van der Waals surface area contributed by atoms with Gasteiger partial charge in [-0.2, -0.15) is 0 Å². The molecular formula is C25H25FN6O2. The molecule has 2 aromatic heterocycles. The van der Waals surface area contributed by atoms with Gasteiger partial charge in [-0.25, -0.2) is 14.4 Å². The molecule has 5 rings (SSSR count). The third-order valence-corrected chi connectivity index (χ3v) is 6.42. The number of nitrogens with one attached hydrogen (secondary N) is 3. The zero-order valence-corrected chi connectivity index (χ0v) is 19.0. The molecule has 0 atom stereocenters. The van der Waals surface area contributed by atoms with E-state index in [0.717, 1.165) is 37.2 Å². The molecule has 9 heteroatoms. The number of hydrogen-bond donors (Lipinski definition) is 3. The van der Waals surface area contributed by atoms with Gasteiger partial charge in [-0.05, 0) is 62.6 Å². The number of benzene rings is 1. The smallest absolute Gasteiger partial charge is 0.256 e. The quantitative estimate of drug-likeness (QED) is 0.518. The first-order valence-electron chi connectivity index (χ1n) is 11.3. The maximum Gasteiger partial charge on any atom is 0.256 e. The number of aromatic nitrogens is 3. The molecule has 34 heavy (non-hydrogen) atoms. The Morgan fingerprint density at radius 1 is 1.21 bits per heavy atom. The highest BCUT2D eigenvalue weighted by Crippen LogP contribution is 2.34. The van der Waals surface area contributed by atoms with Crippen LogP contribution in [0.15, 0.2) is 36.7 Å². The summed E-state index contributed by atoms with van der Waals surface area (Å²) >= 11 is 0. The Morgan fingerprint density at radius 3 is 2.68 bits per heavy atom. The minimum atomic E-state index is -0.412. The Labute approximate surface area is 196 Å². The molecule has 0 aliphatic carbocycles. The van der Waals surface area contributed by atoms with Crippen molar-refractivity contribution >= 4 is 35.1 Å². The number of halogens is 1. The van der Waals surface area contributed by atoms with E-state index in [4.69, 9.17) is 0 Å². The molecular weight excluding hydrogens is 435 g/mol. The number of hydrogen-bond acceptors (Lipinski definition) is 5. The summed E-state index contributed by atoms with van der Waals surface area (Å²) in [7, 11) is 0. The van der Waals surface area contributed by atoms with Crippen LogP contribution in [0.5, 0.6) is 0 Å². The molecule has 2 amide bonds. The van der Waals surface area contributed by atoms with Crippen LogP contribution in [0.3, 0.4) is 0 Å². The van der Waals surface area contributed by atoms with E-state index in [0.29, 0.717) is 34.0 Å². The average Bonchev–Trinajstić information content (AvgIpc) is 3.29. The lowest BCUT2D eigenvalue weighted by Gasteiger charge is -2.32. The molecule has 4 heterocycles. The number of nitrogens with zero attached hydrogens (tertiary/aromatic N) is 3. The highest BCUT2D eigenvalue weighted by molar-refractivity contribution is 6.34. The summed E-state index contributed by atoms with van der Waals surface area (Å²) in [5.41, 5.74) is 4.13. The Kier molecular flexibility index (Phi) is 5.61. The van der Waals surface area contributed by atoms with E-state index in [-0.39, 0.29) is 17.9 Å². The average molecular weight is 461 g/mol. The molecule has 3 N–H and O–H groups in total. The van der Waals surface area contributed by atoms with Crippen molar-refractivity contribution in [3.8, 4) is 0 Å². The first-order valence-corrected chi connectivity index (χ1v) is 11.3. The molecule has 0 bridgehead atoms. The SMILES string of the molecule is Cc1[nH]c(/C=C2\C(=O)Nc3ccc(F)cc32)c(C)c1C(=O)NC1CCN(c2ncccn2)CC1. The van der Waals surface area contributed by atoms with E-state index in [1.807, 2.05) is 13.8 Å². The van der Waals surface area contributed by atoms with Crippen molar-refractivity contribution in [1.82, 2.24) is 20.3 Å². The predicted molar refractivity (Wildman–Crippen MR) is 128 cm³/mol. The molecule has 2 aliphatic heterocycles. The Bertz CT molecular complexity index is 1290. The van der Waals surface area contributed by atoms with Crippen molar-refractivity contribution in [2.24, 2.45) is 0 Å². The van der Waals surface area contributed by atoms with Crippen LogP contribution in [0.1, 0.15) is 45.7 Å². The minimum absolute atomic E-state index is 0.0541. The van der Waals surface area contributed by atoms with E-state index in [2.05, 4.69) is 30.5 Å². The van der Waals surface area contributed by atoms with Crippen molar-refractivity contribution in [1.29, 1.82) is 0 Å². The second kappa shape index (κ2) is 8.74. The standard InChI is InChI=1S/C25H25FN6O2/c1-14-21(13-19-18-12-16(26)4-5-20(18)31-23(19)33)29-15(2)22(14)24(34)30-17-6-10-32(11-7-17)25-27-8-3-9-28-25/h3-5,8-9,12-13,17,29H,6-7,10-11H2,1-2H3,(H,30,34)(H,31,33)/b19-13-.